The molecular formula is C8H11F3N4. The van der Waals surface area contributed by atoms with Crippen LogP contribution in [-0.2, 0) is 0 Å². The van der Waals surface area contributed by atoms with Crippen molar-refractivity contribution in [3.8, 4) is 0 Å². The smallest absolute Gasteiger partial charge is 0.390 e. The van der Waals surface area contributed by atoms with E-state index in [9.17, 15) is 13.2 Å². The van der Waals surface area contributed by atoms with Gasteiger partial charge in [0.05, 0.1) is 18.3 Å². The molecule has 84 valence electrons. The van der Waals surface area contributed by atoms with Crippen LogP contribution in [0.5, 0.6) is 0 Å². The zero-order valence-electron chi connectivity index (χ0n) is 8.12. The Hall–Kier alpha value is -1.53. The van der Waals surface area contributed by atoms with E-state index in [1.807, 2.05) is 0 Å². The standard InChI is InChI=1S/C8H11F3N4/c1-15(3-2-8(9,10)11)7-6(12)4-13-5-14-7/h4-5H,2-3,12H2,1H3. The number of halogens is 3. The molecule has 0 spiro atoms. The first-order valence-electron chi connectivity index (χ1n) is 4.23. The lowest BCUT2D eigenvalue weighted by Crippen LogP contribution is -2.25. The highest BCUT2D eigenvalue weighted by Crippen LogP contribution is 2.22. The number of hydrogen-bond acceptors (Lipinski definition) is 4. The van der Waals surface area contributed by atoms with Crippen LogP contribution < -0.4 is 10.6 Å². The zero-order chi connectivity index (χ0) is 11.5. The van der Waals surface area contributed by atoms with Gasteiger partial charge in [-0.05, 0) is 0 Å². The summed E-state index contributed by atoms with van der Waals surface area (Å²) in [6, 6.07) is 0. The molecule has 0 saturated heterocycles. The van der Waals surface area contributed by atoms with Gasteiger partial charge in [-0.2, -0.15) is 13.2 Å². The van der Waals surface area contributed by atoms with E-state index in [-0.39, 0.29) is 12.2 Å². The third kappa shape index (κ3) is 3.61. The predicted molar refractivity (Wildman–Crippen MR) is 50.4 cm³/mol. The molecule has 0 atom stereocenters. The molecule has 0 aliphatic rings. The lowest BCUT2D eigenvalue weighted by Gasteiger charge is -2.19. The van der Waals surface area contributed by atoms with Crippen LogP contribution in [0, 0.1) is 0 Å². The second kappa shape index (κ2) is 4.33. The fourth-order valence-electron chi connectivity index (χ4n) is 1.05. The topological polar surface area (TPSA) is 55.0 Å². The van der Waals surface area contributed by atoms with Crippen molar-refractivity contribution in [2.24, 2.45) is 0 Å². The Morgan fingerprint density at radius 2 is 2.13 bits per heavy atom. The maximum Gasteiger partial charge on any atom is 0.390 e. The maximum absolute atomic E-state index is 11.9. The van der Waals surface area contributed by atoms with Crippen LogP contribution >= 0.6 is 0 Å². The molecule has 1 aromatic heterocycles. The van der Waals surface area contributed by atoms with Gasteiger partial charge in [-0.15, -0.1) is 0 Å². The first-order valence-corrected chi connectivity index (χ1v) is 4.23. The highest BCUT2D eigenvalue weighted by molar-refractivity contribution is 5.60. The average Bonchev–Trinajstić information content (AvgIpc) is 2.14. The van der Waals surface area contributed by atoms with E-state index in [1.165, 1.54) is 24.5 Å². The van der Waals surface area contributed by atoms with Gasteiger partial charge in [0.15, 0.2) is 5.82 Å². The number of hydrogen-bond donors (Lipinski definition) is 1. The molecule has 1 aromatic rings. The Bertz CT molecular complexity index is 326. The van der Waals surface area contributed by atoms with Crippen LogP contribution in [0.25, 0.3) is 0 Å². The summed E-state index contributed by atoms with van der Waals surface area (Å²) in [5, 5.41) is 0. The fourth-order valence-corrected chi connectivity index (χ4v) is 1.05. The van der Waals surface area contributed by atoms with Crippen molar-refractivity contribution in [3.63, 3.8) is 0 Å². The first-order chi connectivity index (χ1) is 6.90. The van der Waals surface area contributed by atoms with Crippen LogP contribution in [0.3, 0.4) is 0 Å². The van der Waals surface area contributed by atoms with Crippen molar-refractivity contribution in [2.75, 3.05) is 24.2 Å². The zero-order valence-corrected chi connectivity index (χ0v) is 8.12. The minimum atomic E-state index is -4.17. The van der Waals surface area contributed by atoms with Crippen LogP contribution in [0.4, 0.5) is 24.7 Å². The van der Waals surface area contributed by atoms with Gasteiger partial charge < -0.3 is 10.6 Å². The molecule has 0 aliphatic carbocycles. The average molecular weight is 220 g/mol. The maximum atomic E-state index is 11.9. The normalized spacial score (nSPS) is 11.5. The summed E-state index contributed by atoms with van der Waals surface area (Å²) in [4.78, 5) is 8.80. The summed E-state index contributed by atoms with van der Waals surface area (Å²) >= 11 is 0. The van der Waals surface area contributed by atoms with Gasteiger partial charge in [-0.3, -0.25) is 0 Å². The number of nitrogens with zero attached hydrogens (tertiary/aromatic N) is 3. The summed E-state index contributed by atoms with van der Waals surface area (Å²) in [7, 11) is 1.50. The number of nitrogens with two attached hydrogens (primary N) is 1. The van der Waals surface area contributed by atoms with E-state index in [0.717, 1.165) is 0 Å². The molecule has 0 bridgehead atoms. The van der Waals surface area contributed by atoms with E-state index >= 15 is 0 Å². The second-order valence-electron chi connectivity index (χ2n) is 3.09. The number of nitrogen functional groups attached to an aromatic ring is 1. The van der Waals surface area contributed by atoms with Crippen molar-refractivity contribution in [3.05, 3.63) is 12.5 Å². The minimum absolute atomic E-state index is 0.176. The Morgan fingerprint density at radius 3 is 2.67 bits per heavy atom. The molecule has 1 rings (SSSR count). The third-order valence-corrected chi connectivity index (χ3v) is 1.81. The lowest BCUT2D eigenvalue weighted by atomic mass is 10.3. The Morgan fingerprint density at radius 1 is 1.47 bits per heavy atom. The Kier molecular flexibility index (Phi) is 3.33. The molecule has 0 radical (unpaired) electrons. The minimum Gasteiger partial charge on any atom is -0.394 e. The molecule has 0 aromatic carbocycles. The van der Waals surface area contributed by atoms with E-state index in [1.54, 1.807) is 0 Å². The SMILES string of the molecule is CN(CCC(F)(F)F)c1ncncc1N. The van der Waals surface area contributed by atoms with Crippen molar-refractivity contribution >= 4 is 11.5 Å². The molecule has 2 N–H and O–H groups in total. The molecule has 4 nitrogen and oxygen atoms in total. The fraction of sp³-hybridized carbons (Fsp3) is 0.500. The molecule has 7 heteroatoms. The quantitative estimate of drug-likeness (QED) is 0.837. The summed E-state index contributed by atoms with van der Waals surface area (Å²) < 4.78 is 35.8. The van der Waals surface area contributed by atoms with Gasteiger partial charge in [0.1, 0.15) is 6.33 Å². The molecule has 15 heavy (non-hydrogen) atoms. The Labute approximate surface area is 84.9 Å². The van der Waals surface area contributed by atoms with Crippen LogP contribution in [0.2, 0.25) is 0 Å². The van der Waals surface area contributed by atoms with E-state index in [2.05, 4.69) is 9.97 Å². The van der Waals surface area contributed by atoms with Gasteiger partial charge in [-0.1, -0.05) is 0 Å². The first kappa shape index (κ1) is 11.5. The molecule has 0 unspecified atom stereocenters. The van der Waals surface area contributed by atoms with E-state index in [0.29, 0.717) is 5.82 Å². The number of anilines is 2. The van der Waals surface area contributed by atoms with Crippen molar-refractivity contribution < 1.29 is 13.2 Å². The monoisotopic (exact) mass is 220 g/mol. The molecule has 1 heterocycles. The van der Waals surface area contributed by atoms with E-state index < -0.39 is 12.6 Å². The number of aromatic nitrogens is 2. The summed E-state index contributed by atoms with van der Waals surface area (Å²) in [6.07, 6.45) is -2.47. The summed E-state index contributed by atoms with van der Waals surface area (Å²) in [5.41, 5.74) is 5.78. The molecule has 0 amide bonds. The van der Waals surface area contributed by atoms with Crippen LogP contribution in [0.15, 0.2) is 12.5 Å². The lowest BCUT2D eigenvalue weighted by molar-refractivity contribution is -0.132. The summed E-state index contributed by atoms with van der Waals surface area (Å²) in [6.45, 7) is -0.176. The van der Waals surface area contributed by atoms with Crippen molar-refractivity contribution in [1.29, 1.82) is 0 Å². The molecular weight excluding hydrogens is 209 g/mol. The van der Waals surface area contributed by atoms with E-state index in [4.69, 9.17) is 5.73 Å². The number of alkyl halides is 3. The van der Waals surface area contributed by atoms with Gasteiger partial charge in [-0.25, -0.2) is 9.97 Å². The number of rotatable bonds is 3. The molecule has 0 saturated carbocycles. The third-order valence-electron chi connectivity index (χ3n) is 1.81. The van der Waals surface area contributed by atoms with Gasteiger partial charge in [0.2, 0.25) is 0 Å². The molecule has 0 aliphatic heterocycles. The van der Waals surface area contributed by atoms with Crippen molar-refractivity contribution in [2.45, 2.75) is 12.6 Å². The second-order valence-corrected chi connectivity index (χ2v) is 3.09. The van der Waals surface area contributed by atoms with Crippen LogP contribution in [-0.4, -0.2) is 29.7 Å². The van der Waals surface area contributed by atoms with Crippen molar-refractivity contribution in [1.82, 2.24) is 9.97 Å². The Balaban J connectivity index is 2.62. The largest absolute Gasteiger partial charge is 0.394 e. The highest BCUT2D eigenvalue weighted by atomic mass is 19.4. The van der Waals surface area contributed by atoms with Gasteiger partial charge in [0, 0.05) is 13.6 Å². The van der Waals surface area contributed by atoms with Crippen LogP contribution in [0.1, 0.15) is 6.42 Å². The predicted octanol–water partition coefficient (Wildman–Crippen LogP) is 1.45. The van der Waals surface area contributed by atoms with Gasteiger partial charge in [0.25, 0.3) is 0 Å². The highest BCUT2D eigenvalue weighted by Gasteiger charge is 2.27. The summed E-state index contributed by atoms with van der Waals surface area (Å²) in [5.74, 6) is 0.314. The van der Waals surface area contributed by atoms with Gasteiger partial charge >= 0.3 is 6.18 Å². The molecule has 0 fully saturated rings.